The van der Waals surface area contributed by atoms with Crippen molar-refractivity contribution in [1.29, 1.82) is 0 Å². The van der Waals surface area contributed by atoms with Crippen LogP contribution in [0.15, 0.2) is 47.1 Å². The van der Waals surface area contributed by atoms with Gasteiger partial charge in [-0.1, -0.05) is 17.3 Å². The Morgan fingerprint density at radius 1 is 1.29 bits per heavy atom. The van der Waals surface area contributed by atoms with Crippen molar-refractivity contribution in [3.63, 3.8) is 0 Å². The Kier molecular flexibility index (Phi) is 6.22. The molecule has 1 aliphatic carbocycles. The van der Waals surface area contributed by atoms with Crippen LogP contribution < -0.4 is 9.47 Å². The lowest BCUT2D eigenvalue weighted by molar-refractivity contribution is -0.137. The van der Waals surface area contributed by atoms with Gasteiger partial charge in [-0.3, -0.25) is 4.79 Å². The van der Waals surface area contributed by atoms with E-state index in [4.69, 9.17) is 9.47 Å². The normalized spacial score (nSPS) is 14.3. The molecule has 162 valence electrons. The Labute approximate surface area is 186 Å². The number of nitrogens with zero attached hydrogens (tertiary/aromatic N) is 3. The standard InChI is InChI=1S/C22H21BrFN3O4/c1-30-15-7-8-18(24)20(10-15)27-22(23)19(25-26-27)12-31-16-4-2-3-14(9-16)17(11-21(28)29)13-5-6-13/h2-4,7-10,13,17H,5-6,11-12H2,1H3,(H,28,29). The maximum absolute atomic E-state index is 14.3. The van der Waals surface area contributed by atoms with Gasteiger partial charge in [0.05, 0.1) is 13.5 Å². The number of halogens is 2. The number of ether oxygens (including phenoxy) is 2. The SMILES string of the molecule is COc1ccc(F)c(-n2nnc(COc3cccc(C(CC(=O)O)C4CC4)c3)c2Br)c1. The topological polar surface area (TPSA) is 86.5 Å². The highest BCUT2D eigenvalue weighted by Crippen LogP contribution is 2.45. The van der Waals surface area contributed by atoms with Crippen molar-refractivity contribution in [2.75, 3.05) is 7.11 Å². The summed E-state index contributed by atoms with van der Waals surface area (Å²) in [6, 6.07) is 11.9. The van der Waals surface area contributed by atoms with Crippen molar-refractivity contribution < 1.29 is 23.8 Å². The minimum atomic E-state index is -0.798. The molecule has 0 spiro atoms. The predicted octanol–water partition coefficient (Wildman–Crippen LogP) is 4.72. The van der Waals surface area contributed by atoms with Gasteiger partial charge in [-0.05, 0) is 70.4 Å². The van der Waals surface area contributed by atoms with Gasteiger partial charge in [-0.15, -0.1) is 5.10 Å². The number of benzene rings is 2. The molecule has 1 N–H and O–H groups in total. The van der Waals surface area contributed by atoms with E-state index in [9.17, 15) is 14.3 Å². The van der Waals surface area contributed by atoms with E-state index >= 15 is 0 Å². The minimum absolute atomic E-state index is 0.00954. The van der Waals surface area contributed by atoms with Crippen LogP contribution in [0.4, 0.5) is 4.39 Å². The van der Waals surface area contributed by atoms with E-state index in [2.05, 4.69) is 26.2 Å². The third-order valence-electron chi connectivity index (χ3n) is 5.31. The average molecular weight is 490 g/mol. The fourth-order valence-electron chi connectivity index (χ4n) is 3.56. The average Bonchev–Trinajstić information content (AvgIpc) is 3.54. The van der Waals surface area contributed by atoms with E-state index in [1.165, 1.54) is 30.0 Å². The van der Waals surface area contributed by atoms with E-state index in [-0.39, 0.29) is 24.6 Å². The monoisotopic (exact) mass is 489 g/mol. The van der Waals surface area contributed by atoms with Gasteiger partial charge in [-0.2, -0.15) is 0 Å². The smallest absolute Gasteiger partial charge is 0.303 e. The van der Waals surface area contributed by atoms with Crippen molar-refractivity contribution in [2.24, 2.45) is 5.92 Å². The molecule has 3 aromatic rings. The molecule has 1 aliphatic rings. The first-order chi connectivity index (χ1) is 15.0. The second kappa shape index (κ2) is 9.05. The fourth-order valence-corrected chi connectivity index (χ4v) is 4.01. The van der Waals surface area contributed by atoms with Gasteiger partial charge in [0.1, 0.15) is 39.9 Å². The molecule has 1 unspecified atom stereocenters. The Morgan fingerprint density at radius 3 is 2.81 bits per heavy atom. The van der Waals surface area contributed by atoms with Gasteiger partial charge in [0, 0.05) is 6.07 Å². The fraction of sp³-hybridized carbons (Fsp3) is 0.318. The molecule has 1 fully saturated rings. The quantitative estimate of drug-likeness (QED) is 0.467. The molecule has 1 aromatic heterocycles. The van der Waals surface area contributed by atoms with Gasteiger partial charge in [0.15, 0.2) is 0 Å². The molecule has 7 nitrogen and oxygen atoms in total. The van der Waals surface area contributed by atoms with Crippen LogP contribution >= 0.6 is 15.9 Å². The summed E-state index contributed by atoms with van der Waals surface area (Å²) in [6.07, 6.45) is 2.22. The Bertz CT molecular complexity index is 1100. The summed E-state index contributed by atoms with van der Waals surface area (Å²) < 4.78 is 27.1. The lowest BCUT2D eigenvalue weighted by Gasteiger charge is -2.15. The van der Waals surface area contributed by atoms with Crippen LogP contribution in [0, 0.1) is 11.7 Å². The van der Waals surface area contributed by atoms with Crippen molar-refractivity contribution >= 4 is 21.9 Å². The number of carbonyl (C=O) groups is 1. The largest absolute Gasteiger partial charge is 0.497 e. The number of carboxylic acids is 1. The minimum Gasteiger partial charge on any atom is -0.497 e. The molecular weight excluding hydrogens is 469 g/mol. The van der Waals surface area contributed by atoms with Crippen LogP contribution in [0.2, 0.25) is 0 Å². The van der Waals surface area contributed by atoms with E-state index in [0.29, 0.717) is 27.7 Å². The zero-order valence-corrected chi connectivity index (χ0v) is 18.4. The first-order valence-corrected chi connectivity index (χ1v) is 10.6. The van der Waals surface area contributed by atoms with E-state index in [1.807, 2.05) is 24.3 Å². The number of aromatic nitrogens is 3. The third-order valence-corrected chi connectivity index (χ3v) is 6.10. The van der Waals surface area contributed by atoms with Crippen LogP contribution in [0.1, 0.15) is 36.4 Å². The van der Waals surface area contributed by atoms with Crippen molar-refractivity contribution in [3.05, 3.63) is 64.1 Å². The molecule has 0 bridgehead atoms. The molecular formula is C22H21BrFN3O4. The lowest BCUT2D eigenvalue weighted by atomic mass is 9.91. The molecule has 2 aromatic carbocycles. The molecule has 4 rings (SSSR count). The molecule has 0 radical (unpaired) electrons. The molecule has 1 heterocycles. The van der Waals surface area contributed by atoms with Gasteiger partial charge >= 0.3 is 5.97 Å². The maximum Gasteiger partial charge on any atom is 0.303 e. The highest BCUT2D eigenvalue weighted by Gasteiger charge is 2.33. The first-order valence-electron chi connectivity index (χ1n) is 9.84. The summed E-state index contributed by atoms with van der Waals surface area (Å²) in [7, 11) is 1.50. The molecule has 0 aliphatic heterocycles. The Hall–Kier alpha value is -2.94. The zero-order chi connectivity index (χ0) is 22.0. The van der Waals surface area contributed by atoms with Crippen LogP contribution in [0.25, 0.3) is 5.69 Å². The second-order valence-electron chi connectivity index (χ2n) is 7.46. The van der Waals surface area contributed by atoms with Crippen molar-refractivity contribution in [2.45, 2.75) is 31.8 Å². The maximum atomic E-state index is 14.3. The molecule has 0 amide bonds. The van der Waals surface area contributed by atoms with E-state index in [0.717, 1.165) is 18.4 Å². The number of aliphatic carboxylic acids is 1. The highest BCUT2D eigenvalue weighted by atomic mass is 79.9. The van der Waals surface area contributed by atoms with Crippen LogP contribution in [0.5, 0.6) is 11.5 Å². The summed E-state index contributed by atoms with van der Waals surface area (Å²) in [4.78, 5) is 11.2. The Balaban J connectivity index is 1.50. The van der Waals surface area contributed by atoms with E-state index < -0.39 is 11.8 Å². The van der Waals surface area contributed by atoms with Crippen LogP contribution in [0.3, 0.4) is 0 Å². The number of hydrogen-bond acceptors (Lipinski definition) is 5. The summed E-state index contributed by atoms with van der Waals surface area (Å²) in [6.45, 7) is 0.114. The number of carboxylic acid groups (broad SMARTS) is 1. The van der Waals surface area contributed by atoms with Crippen LogP contribution in [-0.2, 0) is 11.4 Å². The van der Waals surface area contributed by atoms with Gasteiger partial charge in [-0.25, -0.2) is 9.07 Å². The molecule has 0 saturated heterocycles. The summed E-state index contributed by atoms with van der Waals surface area (Å²) in [5.74, 6) is 0.259. The van der Waals surface area contributed by atoms with Gasteiger partial charge in [0.2, 0.25) is 0 Å². The molecule has 1 atom stereocenters. The van der Waals surface area contributed by atoms with E-state index in [1.54, 1.807) is 0 Å². The van der Waals surface area contributed by atoms with Gasteiger partial charge in [0.25, 0.3) is 0 Å². The zero-order valence-electron chi connectivity index (χ0n) is 16.8. The predicted molar refractivity (Wildman–Crippen MR) is 114 cm³/mol. The van der Waals surface area contributed by atoms with Crippen molar-refractivity contribution in [3.8, 4) is 17.2 Å². The van der Waals surface area contributed by atoms with Gasteiger partial charge < -0.3 is 14.6 Å². The van der Waals surface area contributed by atoms with Crippen molar-refractivity contribution in [1.82, 2.24) is 15.0 Å². The summed E-state index contributed by atoms with van der Waals surface area (Å²) in [5.41, 5.74) is 1.66. The lowest BCUT2D eigenvalue weighted by Crippen LogP contribution is -2.08. The van der Waals surface area contributed by atoms with Crippen LogP contribution in [-0.4, -0.2) is 33.2 Å². The summed E-state index contributed by atoms with van der Waals surface area (Å²) in [5, 5.41) is 17.4. The number of rotatable bonds is 9. The summed E-state index contributed by atoms with van der Waals surface area (Å²) >= 11 is 3.42. The highest BCUT2D eigenvalue weighted by molar-refractivity contribution is 9.10. The number of hydrogen-bond donors (Lipinski definition) is 1. The molecule has 1 saturated carbocycles. The Morgan fingerprint density at radius 2 is 2.10 bits per heavy atom. The first kappa shape index (κ1) is 21.3. The number of methoxy groups -OCH3 is 1. The second-order valence-corrected chi connectivity index (χ2v) is 8.21. The molecule has 9 heteroatoms. The third kappa shape index (κ3) is 4.87. The molecule has 31 heavy (non-hydrogen) atoms.